The van der Waals surface area contributed by atoms with E-state index in [1.54, 1.807) is 0 Å². The molecular formula is C10H14N2O5S. The Morgan fingerprint density at radius 2 is 2.17 bits per heavy atom. The van der Waals surface area contributed by atoms with Gasteiger partial charge in [-0.1, -0.05) is 0 Å². The third-order valence-electron chi connectivity index (χ3n) is 2.24. The predicted octanol–water partition coefficient (Wildman–Crippen LogP) is -0.691. The van der Waals surface area contributed by atoms with Crippen molar-refractivity contribution in [2.24, 2.45) is 5.84 Å². The number of rotatable bonds is 5. The number of esters is 1. The summed E-state index contributed by atoms with van der Waals surface area (Å²) in [7, 11) is 1.19. The van der Waals surface area contributed by atoms with Crippen molar-refractivity contribution in [3.05, 3.63) is 21.9 Å². The van der Waals surface area contributed by atoms with Crippen LogP contribution < -0.4 is 11.3 Å². The lowest BCUT2D eigenvalue weighted by atomic mass is 10.1. The van der Waals surface area contributed by atoms with Gasteiger partial charge in [0, 0.05) is 4.88 Å². The van der Waals surface area contributed by atoms with Crippen LogP contribution in [0, 0.1) is 0 Å². The van der Waals surface area contributed by atoms with E-state index in [-0.39, 0.29) is 6.42 Å². The Bertz CT molecular complexity index is 434. The minimum Gasteiger partial charge on any atom is -0.469 e. The van der Waals surface area contributed by atoms with Gasteiger partial charge >= 0.3 is 5.97 Å². The number of amides is 1. The smallest absolute Gasteiger partial charge is 0.308 e. The maximum atomic E-state index is 11.2. The highest BCUT2D eigenvalue weighted by atomic mass is 32.1. The van der Waals surface area contributed by atoms with Gasteiger partial charge in [0.25, 0.3) is 5.91 Å². The Hall–Kier alpha value is -1.48. The lowest BCUT2D eigenvalue weighted by Gasteiger charge is -2.15. The fraction of sp³-hybridized carbons (Fsp3) is 0.400. The largest absolute Gasteiger partial charge is 0.469 e. The number of ether oxygens (including phenoxy) is 1. The zero-order valence-corrected chi connectivity index (χ0v) is 10.4. The van der Waals surface area contributed by atoms with Crippen LogP contribution >= 0.6 is 11.3 Å². The Morgan fingerprint density at radius 3 is 2.72 bits per heavy atom. The fourth-order valence-corrected chi connectivity index (χ4v) is 2.22. The van der Waals surface area contributed by atoms with Crippen molar-refractivity contribution in [3.8, 4) is 0 Å². The lowest BCUT2D eigenvalue weighted by Crippen LogP contribution is -2.29. The van der Waals surface area contributed by atoms with Gasteiger partial charge in [-0.2, -0.15) is 0 Å². The van der Waals surface area contributed by atoms with Crippen molar-refractivity contribution in [2.45, 2.75) is 18.6 Å². The quantitative estimate of drug-likeness (QED) is 0.244. The molecule has 0 aliphatic rings. The van der Waals surface area contributed by atoms with Crippen molar-refractivity contribution in [1.82, 2.24) is 5.43 Å². The molecule has 1 amide bonds. The van der Waals surface area contributed by atoms with E-state index in [2.05, 4.69) is 4.74 Å². The van der Waals surface area contributed by atoms with Gasteiger partial charge in [-0.3, -0.25) is 15.0 Å². The van der Waals surface area contributed by atoms with Crippen LogP contribution in [0.15, 0.2) is 12.1 Å². The predicted molar refractivity (Wildman–Crippen MR) is 63.6 cm³/mol. The zero-order valence-electron chi connectivity index (χ0n) is 9.62. The van der Waals surface area contributed by atoms with Crippen LogP contribution in [0.5, 0.6) is 0 Å². The number of hydrazine groups is 1. The number of aliphatic hydroxyl groups excluding tert-OH is 2. The molecule has 1 aromatic heterocycles. The van der Waals surface area contributed by atoms with Gasteiger partial charge in [0.15, 0.2) is 0 Å². The number of nitrogens with two attached hydrogens (primary N) is 1. The maximum Gasteiger partial charge on any atom is 0.308 e. The van der Waals surface area contributed by atoms with Crippen LogP contribution in [0.25, 0.3) is 0 Å². The van der Waals surface area contributed by atoms with Crippen LogP contribution in [0.3, 0.4) is 0 Å². The number of aliphatic hydroxyl groups is 2. The summed E-state index contributed by atoms with van der Waals surface area (Å²) in [5.74, 6) is 3.86. The third kappa shape index (κ3) is 3.50. The number of methoxy groups -OCH3 is 1. The first-order chi connectivity index (χ1) is 8.49. The first kappa shape index (κ1) is 14.6. The van der Waals surface area contributed by atoms with E-state index in [9.17, 15) is 19.8 Å². The number of nitrogen functional groups attached to an aromatic ring is 1. The zero-order chi connectivity index (χ0) is 13.7. The highest BCUT2D eigenvalue weighted by Crippen LogP contribution is 2.26. The van der Waals surface area contributed by atoms with Crippen LogP contribution in [0.1, 0.15) is 27.1 Å². The van der Waals surface area contributed by atoms with E-state index < -0.39 is 24.1 Å². The first-order valence-electron chi connectivity index (χ1n) is 5.03. The first-order valence-corrected chi connectivity index (χ1v) is 5.84. The molecule has 0 fully saturated rings. The number of hydrogen-bond acceptors (Lipinski definition) is 7. The minimum absolute atomic E-state index is 0.303. The molecule has 0 aromatic carbocycles. The molecule has 0 saturated carbocycles. The minimum atomic E-state index is -1.29. The molecule has 8 heteroatoms. The summed E-state index contributed by atoms with van der Waals surface area (Å²) in [6.07, 6.45) is -2.87. The molecular weight excluding hydrogens is 260 g/mol. The van der Waals surface area contributed by atoms with Crippen molar-refractivity contribution >= 4 is 23.2 Å². The van der Waals surface area contributed by atoms with Crippen molar-refractivity contribution in [1.29, 1.82) is 0 Å². The van der Waals surface area contributed by atoms with E-state index in [0.29, 0.717) is 9.75 Å². The van der Waals surface area contributed by atoms with Gasteiger partial charge in [-0.05, 0) is 12.1 Å². The molecule has 0 radical (unpaired) electrons. The monoisotopic (exact) mass is 274 g/mol. The van der Waals surface area contributed by atoms with Crippen LogP contribution in [0.2, 0.25) is 0 Å². The van der Waals surface area contributed by atoms with Crippen LogP contribution in [-0.4, -0.2) is 35.3 Å². The maximum absolute atomic E-state index is 11.2. The van der Waals surface area contributed by atoms with Crippen LogP contribution in [0.4, 0.5) is 0 Å². The normalized spacial score (nSPS) is 13.8. The lowest BCUT2D eigenvalue weighted by molar-refractivity contribution is -0.144. The summed E-state index contributed by atoms with van der Waals surface area (Å²) >= 11 is 0.983. The summed E-state index contributed by atoms with van der Waals surface area (Å²) in [5.41, 5.74) is 1.96. The highest BCUT2D eigenvalue weighted by molar-refractivity contribution is 7.14. The number of thiophene rings is 1. The molecule has 0 aliphatic heterocycles. The standard InChI is InChI=1S/C10H14N2O5S/c1-17-8(14)4-5(13)9(15)6-2-3-7(18-6)10(16)12-11/h2-3,5,9,13,15H,4,11H2,1H3,(H,12,16). The Balaban J connectivity index is 2.71. The highest BCUT2D eigenvalue weighted by Gasteiger charge is 2.24. The summed E-state index contributed by atoms with van der Waals surface area (Å²) < 4.78 is 4.38. The van der Waals surface area contributed by atoms with Gasteiger partial charge in [0.2, 0.25) is 0 Å². The second kappa shape index (κ2) is 6.45. The SMILES string of the molecule is COC(=O)CC(O)C(O)c1ccc(C(=O)NN)s1. The molecule has 5 N–H and O–H groups in total. The molecule has 18 heavy (non-hydrogen) atoms. The summed E-state index contributed by atoms with van der Waals surface area (Å²) in [6, 6.07) is 2.96. The Kier molecular flexibility index (Phi) is 5.23. The molecule has 1 rings (SSSR count). The summed E-state index contributed by atoms with van der Waals surface area (Å²) in [4.78, 5) is 22.8. The Morgan fingerprint density at radius 1 is 1.50 bits per heavy atom. The van der Waals surface area contributed by atoms with Crippen molar-refractivity contribution in [3.63, 3.8) is 0 Å². The van der Waals surface area contributed by atoms with E-state index >= 15 is 0 Å². The number of carbonyl (C=O) groups excluding carboxylic acids is 2. The average molecular weight is 274 g/mol. The topological polar surface area (TPSA) is 122 Å². The molecule has 1 heterocycles. The molecule has 100 valence electrons. The number of hydrogen-bond donors (Lipinski definition) is 4. The molecule has 0 spiro atoms. The van der Waals surface area contributed by atoms with Crippen LogP contribution in [-0.2, 0) is 9.53 Å². The van der Waals surface area contributed by atoms with Gasteiger partial charge < -0.3 is 14.9 Å². The Labute approximate surface area is 107 Å². The van der Waals surface area contributed by atoms with Gasteiger partial charge in [0.05, 0.1) is 24.5 Å². The van der Waals surface area contributed by atoms with Crippen molar-refractivity contribution < 1.29 is 24.5 Å². The van der Waals surface area contributed by atoms with Gasteiger partial charge in [-0.15, -0.1) is 11.3 Å². The molecule has 0 bridgehead atoms. The molecule has 0 saturated heterocycles. The second-order valence-corrected chi connectivity index (χ2v) is 4.58. The molecule has 2 atom stereocenters. The van der Waals surface area contributed by atoms with E-state index in [1.165, 1.54) is 19.2 Å². The van der Waals surface area contributed by atoms with E-state index in [4.69, 9.17) is 5.84 Å². The van der Waals surface area contributed by atoms with Gasteiger partial charge in [0.1, 0.15) is 6.10 Å². The van der Waals surface area contributed by atoms with E-state index in [1.807, 2.05) is 5.43 Å². The molecule has 2 unspecified atom stereocenters. The summed E-state index contributed by atoms with van der Waals surface area (Å²) in [5, 5.41) is 19.4. The average Bonchev–Trinajstić information content (AvgIpc) is 2.86. The second-order valence-electron chi connectivity index (χ2n) is 3.47. The van der Waals surface area contributed by atoms with E-state index in [0.717, 1.165) is 11.3 Å². The molecule has 1 aromatic rings. The molecule has 0 aliphatic carbocycles. The fourth-order valence-electron chi connectivity index (χ4n) is 1.26. The molecule has 7 nitrogen and oxygen atoms in total. The van der Waals surface area contributed by atoms with Crippen molar-refractivity contribution in [2.75, 3.05) is 7.11 Å². The number of nitrogens with one attached hydrogen (secondary N) is 1. The number of carbonyl (C=O) groups is 2. The summed E-state index contributed by atoms with van der Waals surface area (Å²) in [6.45, 7) is 0. The third-order valence-corrected chi connectivity index (χ3v) is 3.40. The van der Waals surface area contributed by atoms with Gasteiger partial charge in [-0.25, -0.2) is 5.84 Å².